The summed E-state index contributed by atoms with van der Waals surface area (Å²) in [7, 11) is -3.05. The van der Waals surface area contributed by atoms with Crippen molar-refractivity contribution in [2.24, 2.45) is 0 Å². The predicted octanol–water partition coefficient (Wildman–Crippen LogP) is 1.21. The molecule has 3 rings (SSSR count). The Bertz CT molecular complexity index is 453. The molecule has 4 nitrogen and oxygen atoms in total. The number of rotatable bonds is 4. The first-order valence-electron chi connectivity index (χ1n) is 6.85. The second-order valence-electron chi connectivity index (χ2n) is 6.99. The van der Waals surface area contributed by atoms with Crippen LogP contribution in [0.5, 0.6) is 0 Å². The van der Waals surface area contributed by atoms with Gasteiger partial charge in [0.1, 0.15) is 0 Å². The Morgan fingerprint density at radius 1 is 1.39 bits per heavy atom. The largest absolute Gasteiger partial charge is 0.375 e. The third-order valence-electron chi connectivity index (χ3n) is 4.93. The normalized spacial score (nSPS) is 35.1. The Hall–Kier alpha value is -0.130. The SMILES string of the molecule is CC(C)(CN1CC2CC1CO2)S(=O)(=O)C1(C)CC1. The number of hydrogen-bond acceptors (Lipinski definition) is 4. The van der Waals surface area contributed by atoms with E-state index >= 15 is 0 Å². The summed E-state index contributed by atoms with van der Waals surface area (Å²) in [5.41, 5.74) is 0. The molecule has 0 radical (unpaired) electrons. The number of likely N-dealkylation sites (tertiary alicyclic amines) is 1. The third-order valence-corrected chi connectivity index (χ3v) is 8.22. The average Bonchev–Trinajstić information content (AvgIpc) is 2.74. The molecule has 0 spiro atoms. The first kappa shape index (κ1) is 12.9. The van der Waals surface area contributed by atoms with Crippen LogP contribution >= 0.6 is 0 Å². The van der Waals surface area contributed by atoms with Crippen molar-refractivity contribution in [3.8, 4) is 0 Å². The third kappa shape index (κ3) is 1.74. The van der Waals surface area contributed by atoms with Gasteiger partial charge in [0, 0.05) is 19.1 Å². The van der Waals surface area contributed by atoms with Crippen molar-refractivity contribution < 1.29 is 13.2 Å². The number of fused-ring (bicyclic) bond motifs is 2. The van der Waals surface area contributed by atoms with Gasteiger partial charge in [-0.1, -0.05) is 0 Å². The highest BCUT2D eigenvalue weighted by atomic mass is 32.2. The van der Waals surface area contributed by atoms with Gasteiger partial charge in [-0.25, -0.2) is 8.42 Å². The highest BCUT2D eigenvalue weighted by molar-refractivity contribution is 7.94. The molecule has 2 aliphatic heterocycles. The Morgan fingerprint density at radius 2 is 2.06 bits per heavy atom. The van der Waals surface area contributed by atoms with Gasteiger partial charge in [0.05, 0.1) is 22.2 Å². The Kier molecular flexibility index (Phi) is 2.65. The Morgan fingerprint density at radius 3 is 2.50 bits per heavy atom. The molecule has 2 atom stereocenters. The summed E-state index contributed by atoms with van der Waals surface area (Å²) in [4.78, 5) is 2.32. The molecule has 0 aromatic carbocycles. The lowest BCUT2D eigenvalue weighted by Gasteiger charge is -2.36. The van der Waals surface area contributed by atoms with Crippen molar-refractivity contribution in [2.45, 2.75) is 61.7 Å². The molecule has 0 aromatic heterocycles. The topological polar surface area (TPSA) is 46.6 Å². The number of sulfone groups is 1. The molecule has 0 aromatic rings. The van der Waals surface area contributed by atoms with Gasteiger partial charge in [-0.3, -0.25) is 4.90 Å². The van der Waals surface area contributed by atoms with Crippen LogP contribution in [0.3, 0.4) is 0 Å². The fraction of sp³-hybridized carbons (Fsp3) is 1.00. The molecular formula is C13H23NO3S. The lowest BCUT2D eigenvalue weighted by Crippen LogP contribution is -2.51. The molecule has 3 fully saturated rings. The van der Waals surface area contributed by atoms with E-state index in [2.05, 4.69) is 4.90 Å². The van der Waals surface area contributed by atoms with Crippen molar-refractivity contribution in [3.63, 3.8) is 0 Å². The zero-order chi connectivity index (χ0) is 13.2. The van der Waals surface area contributed by atoms with Crippen LogP contribution in [0.1, 0.15) is 40.0 Å². The van der Waals surface area contributed by atoms with Gasteiger partial charge in [-0.05, 0) is 40.0 Å². The zero-order valence-corrected chi connectivity index (χ0v) is 12.3. The van der Waals surface area contributed by atoms with Gasteiger partial charge in [-0.15, -0.1) is 0 Å². The van der Waals surface area contributed by atoms with Crippen LogP contribution in [0.4, 0.5) is 0 Å². The highest BCUT2D eigenvalue weighted by Gasteiger charge is 2.57. The van der Waals surface area contributed by atoms with E-state index in [0.29, 0.717) is 18.7 Å². The monoisotopic (exact) mass is 273 g/mol. The van der Waals surface area contributed by atoms with E-state index in [0.717, 1.165) is 32.4 Å². The first-order chi connectivity index (χ1) is 8.25. The minimum Gasteiger partial charge on any atom is -0.375 e. The molecule has 2 saturated heterocycles. The smallest absolute Gasteiger partial charge is 0.162 e. The number of hydrogen-bond donors (Lipinski definition) is 0. The second-order valence-corrected chi connectivity index (χ2v) is 10.1. The van der Waals surface area contributed by atoms with Crippen molar-refractivity contribution in [3.05, 3.63) is 0 Å². The minimum absolute atomic E-state index is 0.338. The molecule has 1 saturated carbocycles. The Balaban J connectivity index is 1.75. The summed E-state index contributed by atoms with van der Waals surface area (Å²) >= 11 is 0. The number of nitrogens with zero attached hydrogens (tertiary/aromatic N) is 1. The van der Waals surface area contributed by atoms with Crippen LogP contribution in [0.2, 0.25) is 0 Å². The standard InChI is InChI=1S/C13H23NO3S/c1-12(2,18(15,16)13(3)4-5-13)9-14-7-11-6-10(14)8-17-11/h10-11H,4-9H2,1-3H3. The van der Waals surface area contributed by atoms with Crippen molar-refractivity contribution in [1.29, 1.82) is 0 Å². The van der Waals surface area contributed by atoms with Gasteiger partial charge < -0.3 is 4.74 Å². The molecule has 2 heterocycles. The van der Waals surface area contributed by atoms with Crippen LogP contribution in [0, 0.1) is 0 Å². The summed E-state index contributed by atoms with van der Waals surface area (Å²) in [5, 5.41) is 0. The summed E-state index contributed by atoms with van der Waals surface area (Å²) in [6.45, 7) is 7.99. The molecule has 5 heteroatoms. The van der Waals surface area contributed by atoms with E-state index in [-0.39, 0.29) is 0 Å². The molecule has 2 bridgehead atoms. The van der Waals surface area contributed by atoms with Gasteiger partial charge in [-0.2, -0.15) is 0 Å². The molecular weight excluding hydrogens is 250 g/mol. The average molecular weight is 273 g/mol. The molecule has 18 heavy (non-hydrogen) atoms. The predicted molar refractivity (Wildman–Crippen MR) is 70.4 cm³/mol. The maximum Gasteiger partial charge on any atom is 0.162 e. The van der Waals surface area contributed by atoms with E-state index in [1.165, 1.54) is 0 Å². The van der Waals surface area contributed by atoms with Crippen LogP contribution in [-0.4, -0.2) is 54.7 Å². The quantitative estimate of drug-likeness (QED) is 0.772. The van der Waals surface area contributed by atoms with Crippen LogP contribution < -0.4 is 0 Å². The Labute approximate surface area is 110 Å². The van der Waals surface area contributed by atoms with Crippen LogP contribution in [-0.2, 0) is 14.6 Å². The maximum absolute atomic E-state index is 12.7. The summed E-state index contributed by atoms with van der Waals surface area (Å²) in [6.07, 6.45) is 3.07. The summed E-state index contributed by atoms with van der Waals surface area (Å²) < 4.78 is 29.8. The lowest BCUT2D eigenvalue weighted by atomic mass is 10.1. The molecule has 3 aliphatic rings. The summed E-state index contributed by atoms with van der Waals surface area (Å²) in [6, 6.07) is 0.441. The maximum atomic E-state index is 12.7. The second kappa shape index (κ2) is 3.70. The van der Waals surface area contributed by atoms with Gasteiger partial charge in [0.15, 0.2) is 9.84 Å². The summed E-state index contributed by atoms with van der Waals surface area (Å²) in [5.74, 6) is 0. The fourth-order valence-corrected chi connectivity index (χ4v) is 5.67. The fourth-order valence-electron chi connectivity index (χ4n) is 3.36. The molecule has 2 unspecified atom stereocenters. The number of morpholine rings is 1. The first-order valence-corrected chi connectivity index (χ1v) is 8.33. The zero-order valence-electron chi connectivity index (χ0n) is 11.5. The van der Waals surface area contributed by atoms with Gasteiger partial charge in [0.25, 0.3) is 0 Å². The van der Waals surface area contributed by atoms with Crippen molar-refractivity contribution in [2.75, 3.05) is 19.7 Å². The van der Waals surface area contributed by atoms with Crippen LogP contribution in [0.25, 0.3) is 0 Å². The molecule has 104 valence electrons. The molecule has 0 N–H and O–H groups in total. The highest BCUT2D eigenvalue weighted by Crippen LogP contribution is 2.48. The van der Waals surface area contributed by atoms with Crippen molar-refractivity contribution >= 4 is 9.84 Å². The number of ether oxygens (including phenoxy) is 1. The molecule has 1 aliphatic carbocycles. The van der Waals surface area contributed by atoms with Crippen LogP contribution in [0.15, 0.2) is 0 Å². The van der Waals surface area contributed by atoms with Gasteiger partial charge in [0.2, 0.25) is 0 Å². The van der Waals surface area contributed by atoms with E-state index in [1.807, 2.05) is 20.8 Å². The van der Waals surface area contributed by atoms with E-state index in [9.17, 15) is 8.42 Å². The van der Waals surface area contributed by atoms with E-state index in [1.54, 1.807) is 0 Å². The van der Waals surface area contributed by atoms with E-state index < -0.39 is 19.3 Å². The molecule has 0 amide bonds. The van der Waals surface area contributed by atoms with Gasteiger partial charge >= 0.3 is 0 Å². The van der Waals surface area contributed by atoms with E-state index in [4.69, 9.17) is 4.74 Å². The minimum atomic E-state index is -3.05. The van der Waals surface area contributed by atoms with Crippen molar-refractivity contribution in [1.82, 2.24) is 4.90 Å². The lowest BCUT2D eigenvalue weighted by molar-refractivity contribution is 0.0276.